The first-order chi connectivity index (χ1) is 10.0. The summed E-state index contributed by atoms with van der Waals surface area (Å²) in [6, 6.07) is 3.90. The summed E-state index contributed by atoms with van der Waals surface area (Å²) in [6.45, 7) is 0.318. The molecule has 1 unspecified atom stereocenters. The lowest BCUT2D eigenvalue weighted by Gasteiger charge is -2.15. The molecule has 2 aromatic rings. The van der Waals surface area contributed by atoms with E-state index in [1.807, 2.05) is 0 Å². The van der Waals surface area contributed by atoms with Crippen LogP contribution in [0, 0.1) is 5.82 Å². The molecule has 0 aliphatic rings. The van der Waals surface area contributed by atoms with E-state index in [2.05, 4.69) is 31.7 Å². The molecule has 0 bridgehead atoms. The molecule has 0 saturated carbocycles. The van der Waals surface area contributed by atoms with Crippen LogP contribution < -0.4 is 10.6 Å². The summed E-state index contributed by atoms with van der Waals surface area (Å²) in [6.07, 6.45) is 3.43. The zero-order valence-electron chi connectivity index (χ0n) is 12.1. The average Bonchev–Trinajstić information content (AvgIpc) is 2.85. The molecular formula is C14H17BrClFN4O. The van der Waals surface area contributed by atoms with Gasteiger partial charge in [0.1, 0.15) is 11.9 Å². The van der Waals surface area contributed by atoms with Gasteiger partial charge in [-0.2, -0.15) is 5.10 Å². The lowest BCUT2D eigenvalue weighted by Crippen LogP contribution is -2.35. The third-order valence-electron chi connectivity index (χ3n) is 3.08. The van der Waals surface area contributed by atoms with Gasteiger partial charge in [0.25, 0.3) is 0 Å². The Labute approximate surface area is 142 Å². The number of aromatic nitrogens is 2. The summed E-state index contributed by atoms with van der Waals surface area (Å²) in [5, 5.41) is 9.84. The van der Waals surface area contributed by atoms with E-state index in [1.165, 1.54) is 12.1 Å². The molecule has 0 radical (unpaired) electrons. The Morgan fingerprint density at radius 2 is 2.23 bits per heavy atom. The van der Waals surface area contributed by atoms with Crippen LogP contribution in [0.4, 0.5) is 4.39 Å². The highest BCUT2D eigenvalue weighted by Crippen LogP contribution is 2.18. The Hall–Kier alpha value is -1.44. The van der Waals surface area contributed by atoms with Gasteiger partial charge < -0.3 is 10.6 Å². The van der Waals surface area contributed by atoms with Gasteiger partial charge >= 0.3 is 0 Å². The number of hydrogen-bond acceptors (Lipinski definition) is 3. The molecule has 0 aliphatic heterocycles. The van der Waals surface area contributed by atoms with Crippen molar-refractivity contribution in [2.45, 2.75) is 12.6 Å². The van der Waals surface area contributed by atoms with Gasteiger partial charge in [-0.15, -0.1) is 12.4 Å². The molecule has 1 heterocycles. The van der Waals surface area contributed by atoms with E-state index in [-0.39, 0.29) is 24.1 Å². The lowest BCUT2D eigenvalue weighted by atomic mass is 10.1. The zero-order chi connectivity index (χ0) is 15.4. The third kappa shape index (κ3) is 4.53. The maximum atomic E-state index is 13.0. The van der Waals surface area contributed by atoms with Crippen LogP contribution in [0.2, 0.25) is 0 Å². The Balaban J connectivity index is 0.00000242. The molecule has 0 aliphatic carbocycles. The van der Waals surface area contributed by atoms with Crippen LogP contribution >= 0.6 is 28.3 Å². The molecule has 0 fully saturated rings. The molecule has 22 heavy (non-hydrogen) atoms. The number of benzene rings is 1. The maximum Gasteiger partial charge on any atom is 0.242 e. The summed E-state index contributed by atoms with van der Waals surface area (Å²) in [7, 11) is 3.51. The third-order valence-corrected chi connectivity index (χ3v) is 3.82. The van der Waals surface area contributed by atoms with Crippen LogP contribution in [-0.2, 0) is 18.4 Å². The predicted molar refractivity (Wildman–Crippen MR) is 88.2 cm³/mol. The number of aryl methyl sites for hydroxylation is 1. The molecule has 1 aromatic heterocycles. The first-order valence-corrected chi connectivity index (χ1v) is 7.18. The van der Waals surface area contributed by atoms with Crippen molar-refractivity contribution < 1.29 is 9.18 Å². The standard InChI is InChI=1S/C14H16BrFN4O.ClH/c1-17-13(10-7-19-20(2)8-10)14(21)18-6-9-3-4-11(16)5-12(9)15;/h3-5,7-8,13,17H,6H2,1-2H3,(H,18,21);1H. The molecule has 0 saturated heterocycles. The summed E-state index contributed by atoms with van der Waals surface area (Å²) in [4.78, 5) is 12.2. The highest BCUT2D eigenvalue weighted by molar-refractivity contribution is 9.10. The normalized spacial score (nSPS) is 11.6. The number of rotatable bonds is 5. The van der Waals surface area contributed by atoms with Crippen molar-refractivity contribution in [3.05, 3.63) is 52.0 Å². The second-order valence-electron chi connectivity index (χ2n) is 4.62. The van der Waals surface area contributed by atoms with E-state index in [1.54, 1.807) is 37.2 Å². The maximum absolute atomic E-state index is 13.0. The smallest absolute Gasteiger partial charge is 0.242 e. The second kappa shape index (κ2) is 8.26. The summed E-state index contributed by atoms with van der Waals surface area (Å²) < 4.78 is 15.3. The first-order valence-electron chi connectivity index (χ1n) is 6.38. The fourth-order valence-electron chi connectivity index (χ4n) is 1.99. The van der Waals surface area contributed by atoms with Crippen molar-refractivity contribution in [1.82, 2.24) is 20.4 Å². The number of nitrogens with one attached hydrogen (secondary N) is 2. The van der Waals surface area contributed by atoms with Crippen molar-refractivity contribution in [3.8, 4) is 0 Å². The van der Waals surface area contributed by atoms with Gasteiger partial charge in [0.15, 0.2) is 0 Å². The van der Waals surface area contributed by atoms with Gasteiger partial charge in [0.05, 0.1) is 6.20 Å². The summed E-state index contributed by atoms with van der Waals surface area (Å²) in [5.41, 5.74) is 1.60. The van der Waals surface area contributed by atoms with E-state index in [4.69, 9.17) is 0 Å². The van der Waals surface area contributed by atoms with Crippen molar-refractivity contribution in [3.63, 3.8) is 0 Å². The van der Waals surface area contributed by atoms with Gasteiger partial charge in [-0.3, -0.25) is 9.48 Å². The Bertz CT molecular complexity index is 650. The number of nitrogens with zero attached hydrogens (tertiary/aromatic N) is 2. The minimum atomic E-state index is -0.474. The molecule has 2 rings (SSSR count). The number of hydrogen-bond donors (Lipinski definition) is 2. The van der Waals surface area contributed by atoms with Gasteiger partial charge in [-0.05, 0) is 24.7 Å². The largest absolute Gasteiger partial charge is 0.350 e. The zero-order valence-corrected chi connectivity index (χ0v) is 14.5. The van der Waals surface area contributed by atoms with Crippen LogP contribution in [0.1, 0.15) is 17.2 Å². The van der Waals surface area contributed by atoms with E-state index in [0.29, 0.717) is 11.0 Å². The quantitative estimate of drug-likeness (QED) is 0.822. The lowest BCUT2D eigenvalue weighted by molar-refractivity contribution is -0.123. The van der Waals surface area contributed by atoms with E-state index < -0.39 is 6.04 Å². The molecule has 1 aromatic carbocycles. The number of carbonyl (C=O) groups excluding carboxylic acids is 1. The molecule has 8 heteroatoms. The minimum Gasteiger partial charge on any atom is -0.350 e. The molecule has 0 spiro atoms. The molecule has 120 valence electrons. The molecule has 1 amide bonds. The SMILES string of the molecule is CNC(C(=O)NCc1ccc(F)cc1Br)c1cnn(C)c1.Cl. The number of halogens is 3. The van der Waals surface area contributed by atoms with Gasteiger partial charge in [0.2, 0.25) is 5.91 Å². The van der Waals surface area contributed by atoms with E-state index in [9.17, 15) is 9.18 Å². The van der Waals surface area contributed by atoms with Crippen LogP contribution in [0.15, 0.2) is 35.1 Å². The molecule has 2 N–H and O–H groups in total. The number of likely N-dealkylation sites (N-methyl/N-ethyl adjacent to an activating group) is 1. The topological polar surface area (TPSA) is 59.0 Å². The predicted octanol–water partition coefficient (Wildman–Crippen LogP) is 2.32. The van der Waals surface area contributed by atoms with Gasteiger partial charge in [-0.25, -0.2) is 4.39 Å². The first kappa shape index (κ1) is 18.6. The number of carbonyl (C=O) groups is 1. The average molecular weight is 392 g/mol. The van der Waals surface area contributed by atoms with Crippen molar-refractivity contribution in [2.24, 2.45) is 7.05 Å². The second-order valence-corrected chi connectivity index (χ2v) is 5.48. The van der Waals surface area contributed by atoms with Gasteiger partial charge in [-0.1, -0.05) is 22.0 Å². The van der Waals surface area contributed by atoms with Crippen LogP contribution in [0.3, 0.4) is 0 Å². The highest BCUT2D eigenvalue weighted by Gasteiger charge is 2.19. The fourth-order valence-corrected chi connectivity index (χ4v) is 2.48. The number of amides is 1. The van der Waals surface area contributed by atoms with Crippen LogP contribution in [0.5, 0.6) is 0 Å². The van der Waals surface area contributed by atoms with E-state index in [0.717, 1.165) is 11.1 Å². The fraction of sp³-hybridized carbons (Fsp3) is 0.286. The van der Waals surface area contributed by atoms with Gasteiger partial charge in [0, 0.05) is 29.8 Å². The van der Waals surface area contributed by atoms with Crippen LogP contribution in [0.25, 0.3) is 0 Å². The molecule has 1 atom stereocenters. The summed E-state index contributed by atoms with van der Waals surface area (Å²) in [5.74, 6) is -0.484. The molecular weight excluding hydrogens is 375 g/mol. The van der Waals surface area contributed by atoms with Crippen LogP contribution in [-0.4, -0.2) is 22.7 Å². The summed E-state index contributed by atoms with van der Waals surface area (Å²) >= 11 is 3.28. The Morgan fingerprint density at radius 1 is 1.50 bits per heavy atom. The van der Waals surface area contributed by atoms with Crippen molar-refractivity contribution in [2.75, 3.05) is 7.05 Å². The highest BCUT2D eigenvalue weighted by atomic mass is 79.9. The monoisotopic (exact) mass is 390 g/mol. The molecule has 5 nitrogen and oxygen atoms in total. The Morgan fingerprint density at radius 3 is 2.77 bits per heavy atom. The van der Waals surface area contributed by atoms with E-state index >= 15 is 0 Å². The van der Waals surface area contributed by atoms with Crippen molar-refractivity contribution >= 4 is 34.2 Å². The minimum absolute atomic E-state index is 0. The van der Waals surface area contributed by atoms with Crippen molar-refractivity contribution in [1.29, 1.82) is 0 Å². The Kier molecular flexibility index (Phi) is 6.99.